The molecule has 1 aliphatic heterocycles. The predicted octanol–water partition coefficient (Wildman–Crippen LogP) is 29.4. The Labute approximate surface area is 632 Å². The summed E-state index contributed by atoms with van der Waals surface area (Å²) >= 11 is 6.61. The van der Waals surface area contributed by atoms with E-state index in [0.717, 1.165) is 23.9 Å². The minimum absolute atomic E-state index is 0.407. The Morgan fingerprint density at radius 3 is 1.12 bits per heavy atom. The zero-order valence-electron chi connectivity index (χ0n) is 71.4. The normalized spacial score (nSPS) is 9.48. The van der Waals surface area contributed by atoms with Crippen LogP contribution < -0.4 is 0 Å². The molecule has 0 amide bonds. The Hall–Kier alpha value is -6.02. The molecule has 0 aliphatic carbocycles. The van der Waals surface area contributed by atoms with E-state index in [1.165, 1.54) is 62.6 Å². The molecule has 0 atom stereocenters. The minimum atomic E-state index is 0.407. The van der Waals surface area contributed by atoms with Gasteiger partial charge < -0.3 is 13.3 Å². The van der Waals surface area contributed by atoms with E-state index in [2.05, 4.69) is 202 Å². The van der Waals surface area contributed by atoms with Crippen LogP contribution in [0.4, 0.5) is 0 Å². The largest absolute Gasteiger partial charge is 0.451 e. The third-order valence-corrected chi connectivity index (χ3v) is 14.0. The zero-order chi connectivity index (χ0) is 79.8. The number of thiazole rings is 3. The van der Waals surface area contributed by atoms with Crippen molar-refractivity contribution in [1.82, 2.24) is 54.7 Å². The Morgan fingerprint density at radius 1 is 0.420 bits per heavy atom. The maximum Gasteiger partial charge on any atom is 0.196 e. The fourth-order valence-corrected chi connectivity index (χ4v) is 8.19. The molecule has 2 N–H and O–H groups in total. The van der Waals surface area contributed by atoms with E-state index >= 15 is 0 Å². The van der Waals surface area contributed by atoms with Crippen LogP contribution in [0.3, 0.4) is 0 Å². The fourth-order valence-electron chi connectivity index (χ4n) is 5.52. The molecule has 10 heterocycles. The van der Waals surface area contributed by atoms with Gasteiger partial charge in [-0.3, -0.25) is 20.2 Å². The summed E-state index contributed by atoms with van der Waals surface area (Å²) in [4.78, 5) is 29.3. The monoisotopic (exact) mass is 1470 g/mol. The van der Waals surface area contributed by atoms with Crippen LogP contribution in [0.5, 0.6) is 0 Å². The van der Waals surface area contributed by atoms with E-state index in [0.29, 0.717) is 59.2 Å². The maximum atomic E-state index is 4.98. The number of aromatic nitrogens is 11. The van der Waals surface area contributed by atoms with Crippen LogP contribution in [-0.4, -0.2) is 67.4 Å². The minimum Gasteiger partial charge on any atom is -0.451 e. The summed E-state index contributed by atoms with van der Waals surface area (Å²) in [6.45, 7) is 83.4. The van der Waals surface area contributed by atoms with Crippen molar-refractivity contribution in [2.45, 2.75) is 330 Å². The van der Waals surface area contributed by atoms with Gasteiger partial charge in [-0.05, 0) is 76.7 Å². The Bertz CT molecular complexity index is 2150. The fraction of sp³-hybridized carbons (Fsp3) is 0.630. The average Bonchev–Trinajstić information content (AvgIpc) is 3.90. The van der Waals surface area contributed by atoms with Gasteiger partial charge in [0.15, 0.2) is 18.7 Å². The van der Waals surface area contributed by atoms with Gasteiger partial charge in [0, 0.05) is 81.2 Å². The highest BCUT2D eigenvalue weighted by atomic mass is 32.1. The van der Waals surface area contributed by atoms with Crippen molar-refractivity contribution < 1.29 is 13.3 Å². The number of hydrogen-bond acceptors (Lipinski definition) is 17. The van der Waals surface area contributed by atoms with Gasteiger partial charge in [-0.2, -0.15) is 14.6 Å². The average molecular weight is 1470 g/mol. The SMILES string of the molecule is CC.CC.CC.CC.CC.CC.CC.CC.CC.CC.CC(C)C1=CCN=C1.CC(C)c1ccn[nH]1.CC(C)c1ccn[nH]1.CC(C)c1ccsn1.CC(C)c1cnco1.CC(C)c1cncs1.CC(C)c1cocn1.CC(C)c1cscn1.CC(C)c1ncco1.CC(C)c1nccs1. The van der Waals surface area contributed by atoms with E-state index < -0.39 is 0 Å². The number of H-pyrrole nitrogens is 2. The first kappa shape index (κ1) is 115. The molecule has 0 fully saturated rings. The predicted molar refractivity (Wildman–Crippen MR) is 452 cm³/mol. The van der Waals surface area contributed by atoms with E-state index in [1.807, 2.05) is 205 Å². The van der Waals surface area contributed by atoms with Crippen LogP contribution >= 0.6 is 45.5 Å². The van der Waals surface area contributed by atoms with Crippen molar-refractivity contribution in [2.75, 3.05) is 6.54 Å². The highest BCUT2D eigenvalue weighted by Gasteiger charge is 2.04. The zero-order valence-corrected chi connectivity index (χ0v) is 74.6. The van der Waals surface area contributed by atoms with Crippen molar-refractivity contribution in [1.29, 1.82) is 0 Å². The lowest BCUT2D eigenvalue weighted by atomic mass is 10.1. The number of nitrogens with one attached hydrogen (secondary N) is 2. The van der Waals surface area contributed by atoms with Gasteiger partial charge in [-0.15, -0.1) is 34.0 Å². The third-order valence-electron chi connectivity index (χ3n) is 10.7. The van der Waals surface area contributed by atoms with Gasteiger partial charge in [0.25, 0.3) is 0 Å². The van der Waals surface area contributed by atoms with Gasteiger partial charge in [-0.25, -0.2) is 24.9 Å². The standard InChI is InChI=1S/C7H11N.2C6H10N2.3C6H9NO.4C6H9NS.10C2H6/c1-6(2)7-3-4-8-5-7;2*1-5(2)6-3-4-7-8-6;1-5(2)6-3-8-4-7-6;1-5(2)6-3-7-4-8-6;1-5(2)6-7-3-4-8-6;1-5(2)6-3-8-4-7-6;1-5(2)6-3-7-4-8-6;1-5(2)6-7-3-4-8-6;1-5(2)6-3-4-8-7-6;10*1-2/h3,5-6H,4H2,1-2H3;2*3-5H,1-2H3,(H,7,8);7*3-5H,1-2H3;10*1-2H3. The highest BCUT2D eigenvalue weighted by Crippen LogP contribution is 2.19. The van der Waals surface area contributed by atoms with Crippen molar-refractivity contribution in [2.24, 2.45) is 10.9 Å². The molecule has 100 heavy (non-hydrogen) atoms. The smallest absolute Gasteiger partial charge is 0.196 e. The van der Waals surface area contributed by atoms with Crippen LogP contribution in [-0.2, 0) is 0 Å². The topological polar surface area (TPSA) is 199 Å². The molecule has 15 nitrogen and oxygen atoms in total. The molecule has 1 aliphatic rings. The van der Waals surface area contributed by atoms with E-state index in [1.54, 1.807) is 71.3 Å². The molecule has 0 saturated carbocycles. The Morgan fingerprint density at radius 2 is 0.940 bits per heavy atom. The first-order chi connectivity index (χ1) is 48.0. The second-order valence-corrected chi connectivity index (χ2v) is 24.3. The van der Waals surface area contributed by atoms with Gasteiger partial charge >= 0.3 is 0 Å². The number of aliphatic imine (C=N–C) groups is 1. The molecule has 9 aromatic heterocycles. The molecule has 9 aromatic rings. The quantitative estimate of drug-likeness (QED) is 0.131. The highest BCUT2D eigenvalue weighted by molar-refractivity contribution is 7.10. The number of oxazole rings is 3. The molecule has 0 radical (unpaired) electrons. The summed E-state index contributed by atoms with van der Waals surface area (Å²) < 4.78 is 18.9. The summed E-state index contributed by atoms with van der Waals surface area (Å²) in [7, 11) is 0. The lowest BCUT2D eigenvalue weighted by molar-refractivity contribution is 0.471. The lowest BCUT2D eigenvalue weighted by Crippen LogP contribution is -1.90. The van der Waals surface area contributed by atoms with Crippen molar-refractivity contribution in [3.8, 4) is 0 Å². The molecule has 0 unspecified atom stereocenters. The van der Waals surface area contributed by atoms with E-state index in [9.17, 15) is 0 Å². The van der Waals surface area contributed by atoms with Crippen molar-refractivity contribution >= 4 is 51.8 Å². The number of rotatable bonds is 10. The molecule has 10 rings (SSSR count). The van der Waals surface area contributed by atoms with Crippen LogP contribution in [0.2, 0.25) is 0 Å². The third kappa shape index (κ3) is 70.4. The molecular formula is C81H154N12O3S4. The molecular weight excluding hydrogens is 1320 g/mol. The van der Waals surface area contributed by atoms with Gasteiger partial charge in [0.05, 0.1) is 52.0 Å². The number of nitrogens with zero attached hydrogens (tertiary/aromatic N) is 10. The van der Waals surface area contributed by atoms with Crippen LogP contribution in [0.15, 0.2) is 138 Å². The van der Waals surface area contributed by atoms with Crippen molar-refractivity contribution in [3.05, 3.63) is 170 Å². The summed E-state index contributed by atoms with van der Waals surface area (Å²) in [5, 5.41) is 20.7. The number of allylic oxidation sites excluding steroid dienone is 1. The van der Waals surface area contributed by atoms with Crippen LogP contribution in [0, 0.1) is 5.92 Å². The van der Waals surface area contributed by atoms with Crippen LogP contribution in [0.25, 0.3) is 0 Å². The summed E-state index contributed by atoms with van der Waals surface area (Å²) in [5.74, 6) is 7.29. The van der Waals surface area contributed by atoms with Crippen molar-refractivity contribution in [3.63, 3.8) is 0 Å². The molecule has 0 bridgehead atoms. The lowest BCUT2D eigenvalue weighted by Gasteiger charge is -1.98. The maximum absolute atomic E-state index is 4.98. The van der Waals surface area contributed by atoms with E-state index in [-0.39, 0.29) is 0 Å². The first-order valence-corrected chi connectivity index (χ1v) is 41.0. The first-order valence-electron chi connectivity index (χ1n) is 37.4. The van der Waals surface area contributed by atoms with Gasteiger partial charge in [0.1, 0.15) is 18.3 Å². The Kier molecular flexibility index (Phi) is 103. The van der Waals surface area contributed by atoms with Crippen LogP contribution in [0.1, 0.15) is 380 Å². The van der Waals surface area contributed by atoms with Gasteiger partial charge in [0.2, 0.25) is 0 Å². The summed E-state index contributed by atoms with van der Waals surface area (Å²) in [6.07, 6.45) is 21.0. The second-order valence-electron chi connectivity index (χ2n) is 21.1. The number of hydrogen-bond donors (Lipinski definition) is 2. The van der Waals surface area contributed by atoms with Gasteiger partial charge in [-0.1, -0.05) is 283 Å². The Balaban J connectivity index is -0.000000109. The second kappa shape index (κ2) is 89.1. The van der Waals surface area contributed by atoms with E-state index in [4.69, 9.17) is 13.3 Å². The number of aromatic amines is 2. The molecule has 0 saturated heterocycles. The summed E-state index contributed by atoms with van der Waals surface area (Å²) in [5.41, 5.74) is 10.9. The molecule has 0 aromatic carbocycles. The summed E-state index contributed by atoms with van der Waals surface area (Å²) in [6, 6.07) is 6.05. The molecule has 19 heteroatoms. The molecule has 0 spiro atoms. The molecule has 580 valence electrons.